The normalized spacial score (nSPS) is 13.1. The summed E-state index contributed by atoms with van der Waals surface area (Å²) in [5.74, 6) is -1.94. The average Bonchev–Trinajstić information content (AvgIpc) is 2.29. The third-order valence-electron chi connectivity index (χ3n) is 2.50. The summed E-state index contributed by atoms with van der Waals surface area (Å²) in [5.41, 5.74) is 5.93. The Morgan fingerprint density at radius 2 is 1.89 bits per heavy atom. The average molecular weight is 277 g/mol. The van der Waals surface area contributed by atoms with E-state index >= 15 is 0 Å². The van der Waals surface area contributed by atoms with Crippen molar-refractivity contribution >= 4 is 5.97 Å². The highest BCUT2D eigenvalue weighted by atomic mass is 19.4. The summed E-state index contributed by atoms with van der Waals surface area (Å²) in [5, 5.41) is 8.94. The fourth-order valence-electron chi connectivity index (χ4n) is 1.63. The van der Waals surface area contributed by atoms with Gasteiger partial charge >= 0.3 is 12.3 Å². The lowest BCUT2D eigenvalue weighted by Gasteiger charge is -2.12. The minimum absolute atomic E-state index is 0.221. The van der Waals surface area contributed by atoms with Crippen LogP contribution in [0, 0.1) is 5.92 Å². The third kappa shape index (κ3) is 5.60. The van der Waals surface area contributed by atoms with E-state index in [4.69, 9.17) is 10.8 Å². The number of benzene rings is 1. The number of ether oxygens (including phenoxy) is 1. The fraction of sp³-hybridized carbons (Fsp3) is 0.417. The minimum atomic E-state index is -4.73. The van der Waals surface area contributed by atoms with E-state index in [1.54, 1.807) is 0 Å². The number of hydrogen-bond acceptors (Lipinski definition) is 3. The van der Waals surface area contributed by atoms with E-state index in [2.05, 4.69) is 4.74 Å². The summed E-state index contributed by atoms with van der Waals surface area (Å²) >= 11 is 0. The number of carbonyl (C=O) groups is 1. The molecule has 0 saturated heterocycles. The molecule has 0 spiro atoms. The summed E-state index contributed by atoms with van der Waals surface area (Å²) in [6.07, 6.45) is -4.19. The molecule has 19 heavy (non-hydrogen) atoms. The molecule has 106 valence electrons. The predicted octanol–water partition coefficient (Wildman–Crippen LogP) is 2.18. The van der Waals surface area contributed by atoms with Gasteiger partial charge in [0.1, 0.15) is 5.75 Å². The van der Waals surface area contributed by atoms with Gasteiger partial charge in [0, 0.05) is 0 Å². The highest BCUT2D eigenvalue weighted by Crippen LogP contribution is 2.23. The van der Waals surface area contributed by atoms with Crippen molar-refractivity contribution in [2.45, 2.75) is 19.2 Å². The molecule has 3 N–H and O–H groups in total. The van der Waals surface area contributed by atoms with Crippen molar-refractivity contribution in [3.05, 3.63) is 29.8 Å². The molecule has 0 saturated carbocycles. The van der Waals surface area contributed by atoms with Crippen LogP contribution < -0.4 is 10.5 Å². The van der Waals surface area contributed by atoms with Crippen LogP contribution in [0.4, 0.5) is 13.2 Å². The Bertz CT molecular complexity index is 417. The summed E-state index contributed by atoms with van der Waals surface area (Å²) in [6.45, 7) is 0.242. The van der Waals surface area contributed by atoms with Gasteiger partial charge in [-0.2, -0.15) is 0 Å². The lowest BCUT2D eigenvalue weighted by Crippen LogP contribution is -2.20. The summed E-state index contributed by atoms with van der Waals surface area (Å²) in [6, 6.07) is 5.13. The second kappa shape index (κ2) is 6.42. The van der Waals surface area contributed by atoms with E-state index in [0.29, 0.717) is 12.0 Å². The van der Waals surface area contributed by atoms with Gasteiger partial charge in [-0.3, -0.25) is 4.79 Å². The van der Waals surface area contributed by atoms with Gasteiger partial charge in [0.25, 0.3) is 0 Å². The van der Waals surface area contributed by atoms with Gasteiger partial charge in [-0.05, 0) is 37.1 Å². The standard InChI is InChI=1S/C12H14F3NO3/c13-12(14,15)19-10-3-1-8(2-4-10)7-9(5-6-16)11(17)18/h1-4,9H,5-7,16H2,(H,17,18). The molecule has 1 atom stereocenters. The van der Waals surface area contributed by atoms with Gasteiger partial charge in [-0.15, -0.1) is 13.2 Å². The Hall–Kier alpha value is -1.76. The summed E-state index contributed by atoms with van der Waals surface area (Å²) < 4.78 is 39.6. The van der Waals surface area contributed by atoms with E-state index in [1.165, 1.54) is 12.1 Å². The predicted molar refractivity (Wildman–Crippen MR) is 61.6 cm³/mol. The molecular formula is C12H14F3NO3. The molecule has 0 aliphatic rings. The third-order valence-corrected chi connectivity index (χ3v) is 2.50. The SMILES string of the molecule is NCCC(Cc1ccc(OC(F)(F)F)cc1)C(=O)O. The number of halogens is 3. The van der Waals surface area contributed by atoms with E-state index in [1.807, 2.05) is 0 Å². The lowest BCUT2D eigenvalue weighted by molar-refractivity contribution is -0.274. The minimum Gasteiger partial charge on any atom is -0.481 e. The number of alkyl halides is 3. The number of carboxylic acids is 1. The van der Waals surface area contributed by atoms with Crippen molar-refractivity contribution in [3.63, 3.8) is 0 Å². The van der Waals surface area contributed by atoms with Crippen LogP contribution >= 0.6 is 0 Å². The molecule has 0 amide bonds. The maximum atomic E-state index is 11.9. The topological polar surface area (TPSA) is 72.5 Å². The fourth-order valence-corrected chi connectivity index (χ4v) is 1.63. The van der Waals surface area contributed by atoms with Crippen molar-refractivity contribution in [2.75, 3.05) is 6.54 Å². The van der Waals surface area contributed by atoms with Crippen LogP contribution in [0.25, 0.3) is 0 Å². The van der Waals surface area contributed by atoms with E-state index in [9.17, 15) is 18.0 Å². The first-order valence-electron chi connectivity index (χ1n) is 5.59. The molecule has 1 rings (SSSR count). The molecule has 0 bridgehead atoms. The molecule has 1 unspecified atom stereocenters. The van der Waals surface area contributed by atoms with Gasteiger partial charge in [0.15, 0.2) is 0 Å². The molecule has 0 heterocycles. The number of nitrogens with two attached hydrogens (primary N) is 1. The highest BCUT2D eigenvalue weighted by Gasteiger charge is 2.31. The van der Waals surface area contributed by atoms with Crippen LogP contribution in [0.15, 0.2) is 24.3 Å². The van der Waals surface area contributed by atoms with Gasteiger partial charge in [0.05, 0.1) is 5.92 Å². The molecule has 4 nitrogen and oxygen atoms in total. The zero-order valence-electron chi connectivity index (χ0n) is 9.98. The first-order chi connectivity index (χ1) is 8.81. The molecule has 0 fully saturated rings. The Balaban J connectivity index is 2.68. The first kappa shape index (κ1) is 15.3. The van der Waals surface area contributed by atoms with Crippen molar-refractivity contribution in [2.24, 2.45) is 11.7 Å². The Morgan fingerprint density at radius 3 is 2.32 bits per heavy atom. The number of carboxylic acid groups (broad SMARTS) is 1. The highest BCUT2D eigenvalue weighted by molar-refractivity contribution is 5.70. The van der Waals surface area contributed by atoms with Crippen LogP contribution in [0.2, 0.25) is 0 Å². The quantitative estimate of drug-likeness (QED) is 0.836. The molecular weight excluding hydrogens is 263 g/mol. The summed E-state index contributed by atoms with van der Waals surface area (Å²) in [4.78, 5) is 10.9. The van der Waals surface area contributed by atoms with Crippen LogP contribution in [0.5, 0.6) is 5.75 Å². The van der Waals surface area contributed by atoms with Crippen molar-refractivity contribution in [3.8, 4) is 5.75 Å². The molecule has 0 aromatic heterocycles. The van der Waals surface area contributed by atoms with Crippen LogP contribution in [-0.4, -0.2) is 24.0 Å². The van der Waals surface area contributed by atoms with Crippen molar-refractivity contribution in [1.82, 2.24) is 0 Å². The molecule has 1 aromatic rings. The molecule has 0 aliphatic carbocycles. The Morgan fingerprint density at radius 1 is 1.32 bits per heavy atom. The van der Waals surface area contributed by atoms with Crippen molar-refractivity contribution in [1.29, 1.82) is 0 Å². The van der Waals surface area contributed by atoms with E-state index in [0.717, 1.165) is 12.1 Å². The van der Waals surface area contributed by atoms with Crippen LogP contribution in [0.1, 0.15) is 12.0 Å². The largest absolute Gasteiger partial charge is 0.573 e. The molecule has 1 aromatic carbocycles. The summed E-state index contributed by atoms with van der Waals surface area (Å²) in [7, 11) is 0. The zero-order chi connectivity index (χ0) is 14.5. The number of hydrogen-bond donors (Lipinski definition) is 2. The Kier molecular flexibility index (Phi) is 5.17. The van der Waals surface area contributed by atoms with Gasteiger partial charge < -0.3 is 15.6 Å². The lowest BCUT2D eigenvalue weighted by atomic mass is 9.96. The van der Waals surface area contributed by atoms with Crippen LogP contribution in [-0.2, 0) is 11.2 Å². The van der Waals surface area contributed by atoms with Crippen molar-refractivity contribution < 1.29 is 27.8 Å². The van der Waals surface area contributed by atoms with E-state index in [-0.39, 0.29) is 18.7 Å². The van der Waals surface area contributed by atoms with Crippen LogP contribution in [0.3, 0.4) is 0 Å². The maximum absolute atomic E-state index is 11.9. The molecule has 0 aliphatic heterocycles. The number of aliphatic carboxylic acids is 1. The van der Waals surface area contributed by atoms with Gasteiger partial charge in [0.2, 0.25) is 0 Å². The zero-order valence-corrected chi connectivity index (χ0v) is 9.98. The molecule has 0 radical (unpaired) electrons. The maximum Gasteiger partial charge on any atom is 0.573 e. The Labute approximate surface area is 108 Å². The first-order valence-corrected chi connectivity index (χ1v) is 5.59. The smallest absolute Gasteiger partial charge is 0.481 e. The second-order valence-corrected chi connectivity index (χ2v) is 4.01. The van der Waals surface area contributed by atoms with E-state index < -0.39 is 18.2 Å². The monoisotopic (exact) mass is 277 g/mol. The second-order valence-electron chi connectivity index (χ2n) is 4.01. The molecule has 7 heteroatoms. The number of rotatable bonds is 6. The van der Waals surface area contributed by atoms with Gasteiger partial charge in [-0.1, -0.05) is 12.1 Å². The van der Waals surface area contributed by atoms with Gasteiger partial charge in [-0.25, -0.2) is 0 Å².